The molecule has 3 aliphatic rings. The molecule has 2 amide bonds. The highest BCUT2D eigenvalue weighted by Crippen LogP contribution is 2.52. The number of nitrogens with zero attached hydrogens (tertiary/aromatic N) is 6. The molecule has 0 spiro atoms. The number of fused-ring (bicyclic) bond motifs is 1. The van der Waals surface area contributed by atoms with Crippen LogP contribution in [0.5, 0.6) is 0 Å². The SMILES string of the molecule is CC1CC(c2cccc(N3Cc4c(cc(CN5CC(CNC(=O)/C=C/CN(C)C)C5)cc4C(F)(F)F)C3=O)c2)(c2nncn2C)C1. The van der Waals surface area contributed by atoms with Gasteiger partial charge in [-0.15, -0.1) is 10.2 Å². The highest BCUT2D eigenvalue weighted by Gasteiger charge is 2.48. The maximum Gasteiger partial charge on any atom is 0.416 e. The summed E-state index contributed by atoms with van der Waals surface area (Å²) in [7, 11) is 5.75. The first-order chi connectivity index (χ1) is 21.8. The molecule has 0 unspecified atom stereocenters. The third kappa shape index (κ3) is 6.20. The zero-order valence-corrected chi connectivity index (χ0v) is 26.6. The number of aromatic nitrogens is 3. The molecule has 46 heavy (non-hydrogen) atoms. The predicted molar refractivity (Wildman–Crippen MR) is 168 cm³/mol. The summed E-state index contributed by atoms with van der Waals surface area (Å²) in [5.74, 6) is 0.960. The van der Waals surface area contributed by atoms with Crippen LogP contribution in [0.15, 0.2) is 54.9 Å². The van der Waals surface area contributed by atoms with E-state index in [9.17, 15) is 22.8 Å². The second-order valence-electron chi connectivity index (χ2n) is 13.4. The second kappa shape index (κ2) is 12.3. The number of carbonyl (C=O) groups is 2. The van der Waals surface area contributed by atoms with Gasteiger partial charge in [0, 0.05) is 63.0 Å². The molecule has 6 rings (SSSR count). The van der Waals surface area contributed by atoms with Crippen LogP contribution in [0, 0.1) is 11.8 Å². The number of amides is 2. The van der Waals surface area contributed by atoms with Gasteiger partial charge in [0.15, 0.2) is 0 Å². The van der Waals surface area contributed by atoms with Crippen LogP contribution < -0.4 is 10.2 Å². The Labute approximate surface area is 267 Å². The number of nitrogens with one attached hydrogen (secondary N) is 1. The number of hydrogen-bond acceptors (Lipinski definition) is 6. The molecule has 9 nitrogen and oxygen atoms in total. The van der Waals surface area contributed by atoms with Gasteiger partial charge in [0.05, 0.1) is 17.5 Å². The topological polar surface area (TPSA) is 86.6 Å². The van der Waals surface area contributed by atoms with Crippen molar-refractivity contribution in [3.05, 3.63) is 88.5 Å². The van der Waals surface area contributed by atoms with Crippen molar-refractivity contribution in [2.75, 3.05) is 45.2 Å². The number of hydrogen-bond donors (Lipinski definition) is 1. The Morgan fingerprint density at radius 2 is 1.93 bits per heavy atom. The smallest absolute Gasteiger partial charge is 0.352 e. The van der Waals surface area contributed by atoms with Crippen LogP contribution in [0.2, 0.25) is 0 Å². The Morgan fingerprint density at radius 1 is 1.17 bits per heavy atom. The van der Waals surface area contributed by atoms with Gasteiger partial charge in [0.25, 0.3) is 5.91 Å². The van der Waals surface area contributed by atoms with Crippen LogP contribution in [0.25, 0.3) is 0 Å². The van der Waals surface area contributed by atoms with E-state index in [1.165, 1.54) is 17.0 Å². The van der Waals surface area contributed by atoms with Gasteiger partial charge in [-0.2, -0.15) is 13.2 Å². The summed E-state index contributed by atoms with van der Waals surface area (Å²) < 4.78 is 45.1. The minimum absolute atomic E-state index is 0.0125. The molecule has 3 aromatic rings. The van der Waals surface area contributed by atoms with Crippen molar-refractivity contribution >= 4 is 17.5 Å². The number of rotatable bonds is 10. The van der Waals surface area contributed by atoms with Crippen LogP contribution in [0.3, 0.4) is 0 Å². The molecule has 2 aliphatic heterocycles. The Kier molecular flexibility index (Phi) is 8.53. The molecule has 0 bridgehead atoms. The van der Waals surface area contributed by atoms with Crippen molar-refractivity contribution in [3.8, 4) is 0 Å². The van der Waals surface area contributed by atoms with E-state index in [1.807, 2.05) is 53.7 Å². The molecular weight excluding hydrogens is 595 g/mol. The van der Waals surface area contributed by atoms with E-state index >= 15 is 0 Å². The van der Waals surface area contributed by atoms with Crippen molar-refractivity contribution < 1.29 is 22.8 Å². The van der Waals surface area contributed by atoms with Crippen LogP contribution in [-0.2, 0) is 36.5 Å². The first-order valence-electron chi connectivity index (χ1n) is 15.7. The first kappa shape index (κ1) is 31.9. The first-order valence-corrected chi connectivity index (χ1v) is 15.7. The van der Waals surface area contributed by atoms with Gasteiger partial charge < -0.3 is 19.7 Å². The molecule has 1 saturated carbocycles. The molecule has 0 radical (unpaired) electrons. The molecule has 1 N–H and O–H groups in total. The quantitative estimate of drug-likeness (QED) is 0.333. The maximum absolute atomic E-state index is 14.4. The van der Waals surface area contributed by atoms with Crippen LogP contribution in [0.1, 0.15) is 58.2 Å². The minimum Gasteiger partial charge on any atom is -0.352 e. The summed E-state index contributed by atoms with van der Waals surface area (Å²) in [6.45, 7) is 4.81. The van der Waals surface area contributed by atoms with E-state index in [2.05, 4.69) is 22.4 Å². The molecule has 244 valence electrons. The van der Waals surface area contributed by atoms with Gasteiger partial charge in [0.1, 0.15) is 12.2 Å². The number of aryl methyl sites for hydroxylation is 1. The maximum atomic E-state index is 14.4. The predicted octanol–water partition coefficient (Wildman–Crippen LogP) is 4.38. The van der Waals surface area contributed by atoms with Crippen molar-refractivity contribution in [2.45, 2.75) is 44.4 Å². The summed E-state index contributed by atoms with van der Waals surface area (Å²) in [6.07, 6.45) is 2.12. The van der Waals surface area contributed by atoms with Gasteiger partial charge in [-0.3, -0.25) is 14.5 Å². The highest BCUT2D eigenvalue weighted by molar-refractivity contribution is 6.10. The lowest BCUT2D eigenvalue weighted by atomic mass is 9.58. The Balaban J connectivity index is 1.17. The zero-order valence-electron chi connectivity index (χ0n) is 26.6. The van der Waals surface area contributed by atoms with Crippen LogP contribution in [-0.4, -0.2) is 76.7 Å². The average Bonchev–Trinajstić information content (AvgIpc) is 3.54. The number of alkyl halides is 3. The Hall–Kier alpha value is -4.03. The number of anilines is 1. The van der Waals surface area contributed by atoms with E-state index in [0.29, 0.717) is 49.9 Å². The normalized spacial score (nSPS) is 22.0. The summed E-state index contributed by atoms with van der Waals surface area (Å²) in [6, 6.07) is 10.4. The lowest BCUT2D eigenvalue weighted by Crippen LogP contribution is -2.50. The number of likely N-dealkylation sites (N-methyl/N-ethyl adjacent to an activating group) is 1. The van der Waals surface area contributed by atoms with Crippen molar-refractivity contribution in [3.63, 3.8) is 0 Å². The Morgan fingerprint density at radius 3 is 2.59 bits per heavy atom. The molecule has 1 saturated heterocycles. The number of likely N-dealkylation sites (tertiary alicyclic amines) is 1. The molecule has 3 heterocycles. The molecule has 0 atom stereocenters. The highest BCUT2D eigenvalue weighted by atomic mass is 19.4. The van der Waals surface area contributed by atoms with Crippen LogP contribution in [0.4, 0.5) is 18.9 Å². The fraction of sp³-hybridized carbons (Fsp3) is 0.471. The summed E-state index contributed by atoms with van der Waals surface area (Å²) >= 11 is 0. The van der Waals surface area contributed by atoms with Crippen LogP contribution >= 0.6 is 0 Å². The summed E-state index contributed by atoms with van der Waals surface area (Å²) in [4.78, 5) is 31.2. The summed E-state index contributed by atoms with van der Waals surface area (Å²) in [5, 5.41) is 11.4. The van der Waals surface area contributed by atoms with E-state index in [0.717, 1.165) is 24.2 Å². The van der Waals surface area contributed by atoms with E-state index < -0.39 is 17.6 Å². The third-order valence-corrected chi connectivity index (χ3v) is 9.39. The fourth-order valence-corrected chi connectivity index (χ4v) is 7.25. The second-order valence-corrected chi connectivity index (χ2v) is 13.4. The zero-order chi connectivity index (χ0) is 32.8. The number of benzene rings is 2. The average molecular weight is 636 g/mol. The third-order valence-electron chi connectivity index (χ3n) is 9.39. The van der Waals surface area contributed by atoms with E-state index in [1.54, 1.807) is 24.5 Å². The Bertz CT molecular complexity index is 1650. The van der Waals surface area contributed by atoms with Gasteiger partial charge in [-0.25, -0.2) is 0 Å². The lowest BCUT2D eigenvalue weighted by molar-refractivity contribution is -0.138. The standard InChI is InChI=1S/C34H40F3N7O2/c1-22-14-33(15-22,32-40-39-21-42(32)4)25-7-5-8-26(13-25)44-20-28-27(31(44)46)11-23(12-29(28)34(35,36)37)17-43-18-24(19-43)16-38-30(45)9-6-10-41(2)3/h5-9,11-13,21-22,24H,10,14-20H2,1-4H3,(H,38,45)/b9-6+. The number of carbonyl (C=O) groups excluding carboxylic acids is 2. The van der Waals surface area contributed by atoms with Crippen molar-refractivity contribution in [2.24, 2.45) is 18.9 Å². The molecule has 1 aliphatic carbocycles. The minimum atomic E-state index is -4.60. The molecule has 12 heteroatoms. The number of halogens is 3. The van der Waals surface area contributed by atoms with Crippen molar-refractivity contribution in [1.82, 2.24) is 29.9 Å². The molecule has 2 aromatic carbocycles. The van der Waals surface area contributed by atoms with Crippen molar-refractivity contribution in [1.29, 1.82) is 0 Å². The van der Waals surface area contributed by atoms with Gasteiger partial charge in [-0.1, -0.05) is 25.1 Å². The van der Waals surface area contributed by atoms with E-state index in [-0.39, 0.29) is 34.9 Å². The fourth-order valence-electron chi connectivity index (χ4n) is 7.25. The molecule has 2 fully saturated rings. The largest absolute Gasteiger partial charge is 0.416 e. The van der Waals surface area contributed by atoms with E-state index in [4.69, 9.17) is 0 Å². The molecule has 1 aromatic heterocycles. The monoisotopic (exact) mass is 635 g/mol. The molecular formula is C34H40F3N7O2. The van der Waals surface area contributed by atoms with Gasteiger partial charge in [-0.05, 0) is 73.8 Å². The lowest BCUT2D eigenvalue weighted by Gasteiger charge is -2.46. The van der Waals surface area contributed by atoms with Gasteiger partial charge >= 0.3 is 6.18 Å². The van der Waals surface area contributed by atoms with Gasteiger partial charge in [0.2, 0.25) is 5.91 Å². The summed E-state index contributed by atoms with van der Waals surface area (Å²) in [5.41, 5.74) is 0.994.